The Labute approximate surface area is 225 Å². The predicted molar refractivity (Wildman–Crippen MR) is 110 cm³/mol. The maximum Gasteiger partial charge on any atom is 0.207 e. The molecule has 0 aromatic heterocycles. The van der Waals surface area contributed by atoms with Crippen LogP contribution in [0.2, 0.25) is 0 Å². The fraction of sp³-hybridized carbons (Fsp3) is 0.250. The Balaban J connectivity index is 1.56. The molecule has 18 heteroatoms. The average molecular weight is 630 g/mol. The molecule has 0 heterocycles. The summed E-state index contributed by atoms with van der Waals surface area (Å²) < 4.78 is 208. The second-order valence-electron chi connectivity index (χ2n) is 7.81. The van der Waals surface area contributed by atoms with Crippen molar-refractivity contribution in [2.75, 3.05) is 26.4 Å². The van der Waals surface area contributed by atoms with Crippen molar-refractivity contribution in [2.45, 2.75) is 12.8 Å². The van der Waals surface area contributed by atoms with Gasteiger partial charge in [0.1, 0.15) is 0 Å². The van der Waals surface area contributed by atoms with Gasteiger partial charge in [0.25, 0.3) is 0 Å². The number of rotatable bonds is 12. The van der Waals surface area contributed by atoms with Crippen LogP contribution in [0.5, 0.6) is 23.0 Å². The van der Waals surface area contributed by atoms with E-state index < -0.39 is 144 Å². The van der Waals surface area contributed by atoms with Crippen LogP contribution >= 0.6 is 0 Å². The highest BCUT2D eigenvalue weighted by atomic mass is 19.2. The zero-order chi connectivity index (χ0) is 31.5. The topological polar surface area (TPSA) is 36.9 Å². The van der Waals surface area contributed by atoms with E-state index in [-0.39, 0.29) is 0 Å². The van der Waals surface area contributed by atoms with Crippen LogP contribution in [0.4, 0.5) is 61.5 Å². The van der Waals surface area contributed by atoms with Crippen molar-refractivity contribution in [3.63, 3.8) is 0 Å². The van der Waals surface area contributed by atoms with Crippen LogP contribution in [0.1, 0.15) is 12.8 Å². The average Bonchev–Trinajstić information content (AvgIpc) is 2.97. The van der Waals surface area contributed by atoms with Crippen molar-refractivity contribution in [3.8, 4) is 23.0 Å². The van der Waals surface area contributed by atoms with Crippen molar-refractivity contribution in [3.05, 3.63) is 81.4 Å². The van der Waals surface area contributed by atoms with Crippen LogP contribution in [-0.2, 0) is 0 Å². The zero-order valence-corrected chi connectivity index (χ0v) is 20.2. The van der Waals surface area contributed by atoms with Crippen molar-refractivity contribution in [1.29, 1.82) is 0 Å². The maximum atomic E-state index is 14.3. The Morgan fingerprint density at radius 1 is 0.238 bits per heavy atom. The fourth-order valence-electron chi connectivity index (χ4n) is 3.08. The second-order valence-corrected chi connectivity index (χ2v) is 7.81. The summed E-state index contributed by atoms with van der Waals surface area (Å²) in [4.78, 5) is 0. The predicted octanol–water partition coefficient (Wildman–Crippen LogP) is 7.33. The molecule has 0 saturated heterocycles. The molecular formula is C24H12F14O4. The molecule has 0 spiro atoms. The highest BCUT2D eigenvalue weighted by Crippen LogP contribution is 2.35. The lowest BCUT2D eigenvalue weighted by Crippen LogP contribution is -2.13. The lowest BCUT2D eigenvalue weighted by atomic mass is 10.2. The Kier molecular flexibility index (Phi) is 10.2. The van der Waals surface area contributed by atoms with E-state index in [1.165, 1.54) is 0 Å². The Morgan fingerprint density at radius 3 is 0.571 bits per heavy atom. The van der Waals surface area contributed by atoms with Gasteiger partial charge >= 0.3 is 0 Å². The molecule has 3 aromatic rings. The van der Waals surface area contributed by atoms with Gasteiger partial charge in [-0.3, -0.25) is 0 Å². The van der Waals surface area contributed by atoms with Crippen molar-refractivity contribution in [1.82, 2.24) is 0 Å². The minimum absolute atomic E-state index is 0.553. The van der Waals surface area contributed by atoms with Crippen LogP contribution < -0.4 is 18.9 Å². The van der Waals surface area contributed by atoms with Gasteiger partial charge in [-0.2, -0.15) is 35.1 Å². The van der Waals surface area contributed by atoms with Crippen LogP contribution in [-0.4, -0.2) is 26.4 Å². The smallest absolute Gasteiger partial charge is 0.207 e. The van der Waals surface area contributed by atoms with Gasteiger partial charge in [-0.15, -0.1) is 0 Å². The quantitative estimate of drug-likeness (QED) is 0.0910. The van der Waals surface area contributed by atoms with E-state index in [4.69, 9.17) is 0 Å². The molecule has 4 nitrogen and oxygen atoms in total. The van der Waals surface area contributed by atoms with Gasteiger partial charge in [0.05, 0.1) is 26.4 Å². The normalized spacial score (nSPS) is 11.2. The number of halogens is 14. The van der Waals surface area contributed by atoms with Gasteiger partial charge in [-0.1, -0.05) is 0 Å². The third-order valence-electron chi connectivity index (χ3n) is 5.08. The molecule has 0 aliphatic carbocycles. The minimum Gasteiger partial charge on any atom is -0.487 e. The van der Waals surface area contributed by atoms with E-state index in [0.717, 1.165) is 0 Å². The van der Waals surface area contributed by atoms with E-state index in [2.05, 4.69) is 18.9 Å². The molecule has 0 aliphatic rings. The maximum absolute atomic E-state index is 14.3. The summed E-state index contributed by atoms with van der Waals surface area (Å²) in [6.45, 7) is -3.39. The molecule has 42 heavy (non-hydrogen) atoms. The summed E-state index contributed by atoms with van der Waals surface area (Å²) in [6, 6.07) is 0. The fourth-order valence-corrected chi connectivity index (χ4v) is 3.08. The number of hydrogen-bond acceptors (Lipinski definition) is 4. The summed E-state index contributed by atoms with van der Waals surface area (Å²) in [5, 5.41) is 0. The Bertz CT molecular complexity index is 1300. The first-order chi connectivity index (χ1) is 19.7. The monoisotopic (exact) mass is 630 g/mol. The lowest BCUT2D eigenvalue weighted by Gasteiger charge is -2.15. The van der Waals surface area contributed by atoms with E-state index >= 15 is 0 Å². The molecule has 0 bridgehead atoms. The molecule has 0 radical (unpaired) electrons. The number of hydrogen-bond donors (Lipinski definition) is 0. The van der Waals surface area contributed by atoms with Gasteiger partial charge in [0, 0.05) is 12.8 Å². The molecular weight excluding hydrogens is 618 g/mol. The molecule has 0 fully saturated rings. The van der Waals surface area contributed by atoms with Gasteiger partial charge in [0.2, 0.25) is 81.4 Å². The molecule has 0 amide bonds. The largest absolute Gasteiger partial charge is 0.487 e. The summed E-state index contributed by atoms with van der Waals surface area (Å²) in [7, 11) is 0. The van der Waals surface area contributed by atoms with Gasteiger partial charge in [-0.25, -0.2) is 26.3 Å². The molecule has 3 aromatic carbocycles. The van der Waals surface area contributed by atoms with E-state index in [1.807, 2.05) is 0 Å². The van der Waals surface area contributed by atoms with Gasteiger partial charge < -0.3 is 18.9 Å². The number of benzene rings is 3. The van der Waals surface area contributed by atoms with Crippen molar-refractivity contribution >= 4 is 0 Å². The van der Waals surface area contributed by atoms with Crippen LogP contribution in [0, 0.1) is 81.4 Å². The summed E-state index contributed by atoms with van der Waals surface area (Å²) in [6.07, 6.45) is -1.11. The first kappa shape index (κ1) is 32.4. The highest BCUT2D eigenvalue weighted by molar-refractivity contribution is 5.38. The highest BCUT2D eigenvalue weighted by Gasteiger charge is 2.30. The SMILES string of the molecule is Fc1c(F)c(F)c(OCCCOc2c(F)c(F)c(OCCCOc3c(F)c(F)c(F)c(F)c3F)c(F)c2F)c(F)c1F. The Hall–Kier alpha value is -4.12. The molecule has 0 atom stereocenters. The number of ether oxygens (including phenoxy) is 4. The molecule has 0 aliphatic heterocycles. The second kappa shape index (κ2) is 13.2. The Morgan fingerprint density at radius 2 is 0.381 bits per heavy atom. The molecule has 0 unspecified atom stereocenters. The summed E-state index contributed by atoms with van der Waals surface area (Å²) in [5.41, 5.74) is 0. The standard InChI is InChI=1S/C24H12F14O4/c25-7-9(27)13(31)21(14(32)10(7)28)39-3-1-5-41-23-17(35)19(37)24(20(38)18(23)36)42-6-2-4-40-22-15(33)11(29)8(26)12(30)16(22)34/h1-6H2. The molecule has 3 rings (SSSR count). The van der Waals surface area contributed by atoms with Crippen molar-refractivity contribution in [2.24, 2.45) is 0 Å². The minimum atomic E-state index is -2.44. The molecule has 230 valence electrons. The third kappa shape index (κ3) is 6.20. The first-order valence-electron chi connectivity index (χ1n) is 11.1. The van der Waals surface area contributed by atoms with Gasteiger partial charge in [0.15, 0.2) is 23.0 Å². The first-order valence-corrected chi connectivity index (χ1v) is 11.1. The van der Waals surface area contributed by atoms with Gasteiger partial charge in [-0.05, 0) is 0 Å². The van der Waals surface area contributed by atoms with Crippen LogP contribution in [0.25, 0.3) is 0 Å². The van der Waals surface area contributed by atoms with E-state index in [1.54, 1.807) is 0 Å². The van der Waals surface area contributed by atoms with Crippen LogP contribution in [0.15, 0.2) is 0 Å². The van der Waals surface area contributed by atoms with E-state index in [9.17, 15) is 61.5 Å². The van der Waals surface area contributed by atoms with Crippen molar-refractivity contribution < 1.29 is 80.4 Å². The lowest BCUT2D eigenvalue weighted by molar-refractivity contribution is 0.202. The summed E-state index contributed by atoms with van der Waals surface area (Å²) in [5.74, 6) is -38.3. The van der Waals surface area contributed by atoms with E-state index in [0.29, 0.717) is 0 Å². The zero-order valence-electron chi connectivity index (χ0n) is 20.2. The van der Waals surface area contributed by atoms with Crippen LogP contribution in [0.3, 0.4) is 0 Å². The third-order valence-corrected chi connectivity index (χ3v) is 5.08. The molecule has 0 N–H and O–H groups in total. The summed E-state index contributed by atoms with van der Waals surface area (Å²) >= 11 is 0. The molecule has 0 saturated carbocycles.